The fourth-order valence-corrected chi connectivity index (χ4v) is 2.70. The highest BCUT2D eigenvalue weighted by molar-refractivity contribution is 5.70. The van der Waals surface area contributed by atoms with E-state index in [4.69, 9.17) is 14.2 Å². The van der Waals surface area contributed by atoms with Gasteiger partial charge in [0.2, 0.25) is 0 Å². The van der Waals surface area contributed by atoms with Crippen LogP contribution >= 0.6 is 0 Å². The summed E-state index contributed by atoms with van der Waals surface area (Å²) in [4.78, 5) is 11.7. The Hall–Kier alpha value is -1.71. The molecule has 0 amide bonds. The molecule has 0 spiro atoms. The highest BCUT2D eigenvalue weighted by Gasteiger charge is 2.21. The lowest BCUT2D eigenvalue weighted by Gasteiger charge is -2.21. The zero-order chi connectivity index (χ0) is 16.5. The summed E-state index contributed by atoms with van der Waals surface area (Å²) >= 11 is 0. The van der Waals surface area contributed by atoms with E-state index in [1.165, 1.54) is 7.11 Å². The summed E-state index contributed by atoms with van der Waals surface area (Å²) in [5.41, 5.74) is 2.10. The van der Waals surface area contributed by atoms with Crippen LogP contribution in [0.4, 0.5) is 0 Å². The second-order valence-electron chi connectivity index (χ2n) is 5.54. The van der Waals surface area contributed by atoms with E-state index in [0.29, 0.717) is 6.42 Å². The van der Waals surface area contributed by atoms with Crippen LogP contribution in [0.2, 0.25) is 0 Å². The Kier molecular flexibility index (Phi) is 7.78. The van der Waals surface area contributed by atoms with Crippen LogP contribution in [0, 0.1) is 6.92 Å². The first-order valence-corrected chi connectivity index (χ1v) is 7.86. The second-order valence-corrected chi connectivity index (χ2v) is 5.54. The first kappa shape index (κ1) is 18.3. The summed E-state index contributed by atoms with van der Waals surface area (Å²) in [6, 6.07) is 3.96. The molecule has 4 heteroatoms. The van der Waals surface area contributed by atoms with Gasteiger partial charge in [0, 0.05) is 6.07 Å². The minimum absolute atomic E-state index is 0.110. The Bertz CT molecular complexity index is 482. The van der Waals surface area contributed by atoms with Crippen molar-refractivity contribution in [3.05, 3.63) is 23.3 Å². The van der Waals surface area contributed by atoms with Crippen LogP contribution < -0.4 is 9.47 Å². The number of hydrogen-bond donors (Lipinski definition) is 0. The van der Waals surface area contributed by atoms with Crippen molar-refractivity contribution in [1.29, 1.82) is 0 Å². The molecule has 1 atom stereocenters. The number of unbranched alkanes of at least 4 members (excludes halogenated alkanes) is 2. The van der Waals surface area contributed by atoms with Crippen molar-refractivity contribution < 1.29 is 19.0 Å². The van der Waals surface area contributed by atoms with E-state index in [2.05, 4.69) is 13.0 Å². The number of carbonyl (C=O) groups excluding carboxylic acids is 1. The van der Waals surface area contributed by atoms with Crippen molar-refractivity contribution in [2.75, 3.05) is 21.3 Å². The number of ether oxygens (including phenoxy) is 3. The van der Waals surface area contributed by atoms with Crippen LogP contribution in [0.1, 0.15) is 56.1 Å². The van der Waals surface area contributed by atoms with Crippen molar-refractivity contribution in [2.24, 2.45) is 0 Å². The highest BCUT2D eigenvalue weighted by atomic mass is 16.5. The zero-order valence-electron chi connectivity index (χ0n) is 14.4. The molecule has 0 aliphatic heterocycles. The average molecular weight is 308 g/mol. The molecule has 1 unspecified atom stereocenters. The van der Waals surface area contributed by atoms with Gasteiger partial charge in [-0.3, -0.25) is 4.79 Å². The Morgan fingerprint density at radius 1 is 1.09 bits per heavy atom. The van der Waals surface area contributed by atoms with Crippen LogP contribution in [0.5, 0.6) is 11.5 Å². The topological polar surface area (TPSA) is 44.8 Å². The molecule has 0 N–H and O–H groups in total. The normalized spacial score (nSPS) is 11.9. The molecule has 124 valence electrons. The van der Waals surface area contributed by atoms with E-state index in [1.54, 1.807) is 14.2 Å². The van der Waals surface area contributed by atoms with Gasteiger partial charge in [0.15, 0.2) is 0 Å². The third-order valence-electron chi connectivity index (χ3n) is 3.98. The predicted octanol–water partition coefficient (Wildman–Crippen LogP) is 4.24. The van der Waals surface area contributed by atoms with Gasteiger partial charge in [-0.25, -0.2) is 0 Å². The van der Waals surface area contributed by atoms with Gasteiger partial charge < -0.3 is 14.2 Å². The first-order chi connectivity index (χ1) is 10.6. The molecule has 1 aromatic carbocycles. The lowest BCUT2D eigenvalue weighted by atomic mass is 9.88. The Labute approximate surface area is 133 Å². The molecule has 1 aromatic rings. The van der Waals surface area contributed by atoms with E-state index < -0.39 is 0 Å². The van der Waals surface area contributed by atoms with Crippen molar-refractivity contribution >= 4 is 5.97 Å². The number of rotatable bonds is 9. The van der Waals surface area contributed by atoms with Crippen LogP contribution in [-0.4, -0.2) is 27.3 Å². The van der Waals surface area contributed by atoms with Gasteiger partial charge in [-0.1, -0.05) is 26.2 Å². The van der Waals surface area contributed by atoms with Gasteiger partial charge in [0.25, 0.3) is 0 Å². The molecule has 0 radical (unpaired) electrons. The van der Waals surface area contributed by atoms with E-state index in [9.17, 15) is 4.79 Å². The molecule has 1 rings (SSSR count). The maximum Gasteiger partial charge on any atom is 0.306 e. The summed E-state index contributed by atoms with van der Waals surface area (Å²) in [7, 11) is 4.73. The van der Waals surface area contributed by atoms with E-state index in [1.807, 2.05) is 13.0 Å². The third-order valence-corrected chi connectivity index (χ3v) is 3.98. The van der Waals surface area contributed by atoms with Crippen molar-refractivity contribution in [3.63, 3.8) is 0 Å². The average Bonchev–Trinajstić information content (AvgIpc) is 2.53. The molecule has 0 aromatic heterocycles. The lowest BCUT2D eigenvalue weighted by molar-refractivity contribution is -0.141. The largest absolute Gasteiger partial charge is 0.496 e. The molecular weight excluding hydrogens is 280 g/mol. The maximum absolute atomic E-state index is 11.7. The maximum atomic E-state index is 11.7. The first-order valence-electron chi connectivity index (χ1n) is 7.86. The lowest BCUT2D eigenvalue weighted by Crippen LogP contribution is -2.10. The second kappa shape index (κ2) is 9.34. The third kappa shape index (κ3) is 4.93. The highest BCUT2D eigenvalue weighted by Crippen LogP contribution is 2.37. The number of benzene rings is 1. The summed E-state index contributed by atoms with van der Waals surface area (Å²) < 4.78 is 15.7. The molecule has 0 saturated carbocycles. The van der Waals surface area contributed by atoms with Gasteiger partial charge in [-0.2, -0.15) is 0 Å². The summed E-state index contributed by atoms with van der Waals surface area (Å²) in [6.45, 7) is 4.18. The molecule has 0 bridgehead atoms. The molecule has 0 aliphatic carbocycles. The number of carbonyl (C=O) groups is 1. The molecule has 0 saturated heterocycles. The Morgan fingerprint density at radius 2 is 1.77 bits per heavy atom. The van der Waals surface area contributed by atoms with E-state index >= 15 is 0 Å². The minimum atomic E-state index is -0.183. The number of aryl methyl sites for hydroxylation is 1. The predicted molar refractivity (Wildman–Crippen MR) is 87.8 cm³/mol. The van der Waals surface area contributed by atoms with Crippen LogP contribution in [0.3, 0.4) is 0 Å². The molecule has 22 heavy (non-hydrogen) atoms. The summed E-state index contributed by atoms with van der Waals surface area (Å²) in [5.74, 6) is 1.49. The van der Waals surface area contributed by atoms with E-state index in [0.717, 1.165) is 48.3 Å². The van der Waals surface area contributed by atoms with Gasteiger partial charge in [-0.15, -0.1) is 0 Å². The van der Waals surface area contributed by atoms with Crippen molar-refractivity contribution in [3.8, 4) is 11.5 Å². The quantitative estimate of drug-likeness (QED) is 0.505. The standard InChI is InChI=1S/C18H28O4/c1-6-7-8-9-14(11-18(19)22-5)15-10-13(2)16(20-3)12-17(15)21-4/h10,12,14H,6-9,11H2,1-5H3. The minimum Gasteiger partial charge on any atom is -0.496 e. The molecule has 0 aliphatic rings. The number of hydrogen-bond acceptors (Lipinski definition) is 4. The number of esters is 1. The van der Waals surface area contributed by atoms with Gasteiger partial charge in [0.05, 0.1) is 27.8 Å². The molecular formula is C18H28O4. The number of methoxy groups -OCH3 is 3. The van der Waals surface area contributed by atoms with Gasteiger partial charge in [0.1, 0.15) is 11.5 Å². The van der Waals surface area contributed by atoms with E-state index in [-0.39, 0.29) is 11.9 Å². The fourth-order valence-electron chi connectivity index (χ4n) is 2.70. The molecule has 4 nitrogen and oxygen atoms in total. The molecule has 0 heterocycles. The van der Waals surface area contributed by atoms with Crippen LogP contribution in [-0.2, 0) is 9.53 Å². The SMILES string of the molecule is CCCCCC(CC(=O)OC)c1cc(C)c(OC)cc1OC. The smallest absolute Gasteiger partial charge is 0.306 e. The van der Waals surface area contributed by atoms with Crippen LogP contribution in [0.25, 0.3) is 0 Å². The Balaban J connectivity index is 3.10. The molecule has 0 fully saturated rings. The monoisotopic (exact) mass is 308 g/mol. The van der Waals surface area contributed by atoms with Gasteiger partial charge in [-0.05, 0) is 36.5 Å². The zero-order valence-corrected chi connectivity index (χ0v) is 14.4. The fraction of sp³-hybridized carbons (Fsp3) is 0.611. The van der Waals surface area contributed by atoms with Crippen molar-refractivity contribution in [1.82, 2.24) is 0 Å². The van der Waals surface area contributed by atoms with Crippen LogP contribution in [0.15, 0.2) is 12.1 Å². The summed E-state index contributed by atoms with van der Waals surface area (Å²) in [6.07, 6.45) is 4.73. The summed E-state index contributed by atoms with van der Waals surface area (Å²) in [5, 5.41) is 0. The van der Waals surface area contributed by atoms with Crippen molar-refractivity contribution in [2.45, 2.75) is 51.9 Å². The van der Waals surface area contributed by atoms with Gasteiger partial charge >= 0.3 is 5.97 Å². The Morgan fingerprint density at radius 3 is 2.32 bits per heavy atom.